The van der Waals surface area contributed by atoms with Crippen molar-refractivity contribution >= 4 is 29.8 Å². The quantitative estimate of drug-likeness (QED) is 0.106. The van der Waals surface area contributed by atoms with E-state index in [1.165, 1.54) is 60.7 Å². The molecule has 5 aromatic rings. The second kappa shape index (κ2) is 20.9. The van der Waals surface area contributed by atoms with Gasteiger partial charge in [-0.15, -0.1) is 0 Å². The van der Waals surface area contributed by atoms with Crippen molar-refractivity contribution in [2.24, 2.45) is 0 Å². The molecule has 0 spiro atoms. The summed E-state index contributed by atoms with van der Waals surface area (Å²) in [5.74, 6) is -4.65. The van der Waals surface area contributed by atoms with Crippen molar-refractivity contribution in [2.45, 2.75) is 61.4 Å². The van der Waals surface area contributed by atoms with Crippen LogP contribution < -0.4 is 0 Å². The number of aliphatic hydroxyl groups excluding tert-OH is 3. The van der Waals surface area contributed by atoms with Gasteiger partial charge in [0.15, 0.2) is 43.1 Å². The minimum Gasteiger partial charge on any atom is -0.452 e. The molecule has 10 atom stereocenters. The van der Waals surface area contributed by atoms with Crippen molar-refractivity contribution in [3.05, 3.63) is 179 Å². The van der Waals surface area contributed by atoms with E-state index in [4.69, 9.17) is 37.9 Å². The molecule has 5 aromatic carbocycles. The highest BCUT2D eigenvalue weighted by Gasteiger charge is 2.55. The summed E-state index contributed by atoms with van der Waals surface area (Å²) in [7, 11) is 0. The van der Waals surface area contributed by atoms with Gasteiger partial charge in [0.1, 0.15) is 18.3 Å². The standard InChI is InChI=1S/C47H42O16/c48-26-33-35(49)37(60-42(51)29-18-8-2-9-19-29)40(63-45(54)32-24-14-5-15-25-32)47(58-33)56-27-34-36(59-41(50)28-16-6-1-7-17-28)38(61-43(52)30-20-10-3-11-21-30)39(46(55)57-34)62-44(53)31-22-12-4-13-23-31/h1-25,33-40,46-49,55H,26-27H2/t33-,34-,35-,36-,37+,38+,39+,40+,46+,47+/m1/s1. The van der Waals surface area contributed by atoms with Gasteiger partial charge in [0.2, 0.25) is 0 Å². The molecular weight excluding hydrogens is 821 g/mol. The second-order valence-electron chi connectivity index (χ2n) is 14.3. The number of benzene rings is 5. The monoisotopic (exact) mass is 862 g/mol. The van der Waals surface area contributed by atoms with Crippen LogP contribution in [0, 0.1) is 0 Å². The first-order valence-corrected chi connectivity index (χ1v) is 19.8. The van der Waals surface area contributed by atoms with Gasteiger partial charge in [-0.25, -0.2) is 24.0 Å². The molecule has 16 heteroatoms. The minimum atomic E-state index is -2.04. The Bertz CT molecular complexity index is 2300. The van der Waals surface area contributed by atoms with Gasteiger partial charge in [0.25, 0.3) is 0 Å². The summed E-state index contributed by atoms with van der Waals surface area (Å²) < 4.78 is 47.2. The van der Waals surface area contributed by atoms with E-state index >= 15 is 0 Å². The molecule has 2 heterocycles. The Labute approximate surface area is 360 Å². The first kappa shape index (κ1) is 44.3. The molecule has 2 aliphatic rings. The van der Waals surface area contributed by atoms with Crippen LogP contribution in [0.5, 0.6) is 0 Å². The molecule has 0 amide bonds. The average molecular weight is 863 g/mol. The van der Waals surface area contributed by atoms with Gasteiger partial charge in [0, 0.05) is 0 Å². The molecule has 326 valence electrons. The summed E-state index contributed by atoms with van der Waals surface area (Å²) in [6, 6.07) is 38.8. The van der Waals surface area contributed by atoms with Crippen LogP contribution in [-0.2, 0) is 37.9 Å². The highest BCUT2D eigenvalue weighted by atomic mass is 16.7. The van der Waals surface area contributed by atoms with E-state index in [0.29, 0.717) is 0 Å². The SMILES string of the molecule is O=C(O[C@@H]1[C@H](OC(=O)c2ccccc2)[C@@H](O)O[C@H](CO[C@H]2O[C@H](CO)[C@@H](O)[C@H](OC(=O)c3ccccc3)[C@@H]2OC(=O)c2ccccc2)[C@H]1OC(=O)c1ccccc1)c1ccccc1. The van der Waals surface area contributed by atoms with Crippen molar-refractivity contribution in [3.8, 4) is 0 Å². The molecule has 2 saturated heterocycles. The average Bonchev–Trinajstić information content (AvgIpc) is 3.33. The summed E-state index contributed by atoms with van der Waals surface area (Å²) in [5, 5.41) is 33.2. The van der Waals surface area contributed by atoms with Gasteiger partial charge in [-0.1, -0.05) is 91.0 Å². The van der Waals surface area contributed by atoms with Crippen molar-refractivity contribution < 1.29 is 77.2 Å². The van der Waals surface area contributed by atoms with E-state index in [9.17, 15) is 39.3 Å². The summed E-state index contributed by atoms with van der Waals surface area (Å²) in [6.07, 6.45) is -17.3. The molecule has 0 unspecified atom stereocenters. The normalized spacial score (nSPS) is 25.4. The molecule has 2 fully saturated rings. The molecule has 2 aliphatic heterocycles. The predicted molar refractivity (Wildman–Crippen MR) is 217 cm³/mol. The largest absolute Gasteiger partial charge is 0.452 e. The number of esters is 5. The van der Waals surface area contributed by atoms with Crippen LogP contribution >= 0.6 is 0 Å². The molecule has 63 heavy (non-hydrogen) atoms. The van der Waals surface area contributed by atoms with Crippen LogP contribution in [0.4, 0.5) is 0 Å². The van der Waals surface area contributed by atoms with Gasteiger partial charge in [-0.2, -0.15) is 0 Å². The van der Waals surface area contributed by atoms with E-state index < -0.39 is 104 Å². The third-order valence-corrected chi connectivity index (χ3v) is 10.1. The predicted octanol–water partition coefficient (Wildman–Crippen LogP) is 3.93. The lowest BCUT2D eigenvalue weighted by Crippen LogP contribution is -2.64. The number of carbonyl (C=O) groups is 5. The van der Waals surface area contributed by atoms with Crippen LogP contribution in [-0.4, -0.2) is 120 Å². The van der Waals surface area contributed by atoms with E-state index in [1.807, 2.05) is 0 Å². The zero-order valence-electron chi connectivity index (χ0n) is 33.3. The number of ether oxygens (including phenoxy) is 8. The highest BCUT2D eigenvalue weighted by Crippen LogP contribution is 2.33. The Morgan fingerprint density at radius 1 is 0.413 bits per heavy atom. The van der Waals surface area contributed by atoms with Gasteiger partial charge >= 0.3 is 29.8 Å². The van der Waals surface area contributed by atoms with Crippen LogP contribution in [0.2, 0.25) is 0 Å². The molecule has 16 nitrogen and oxygen atoms in total. The first-order chi connectivity index (χ1) is 30.6. The van der Waals surface area contributed by atoms with E-state index in [2.05, 4.69) is 0 Å². The Balaban J connectivity index is 1.23. The lowest BCUT2D eigenvalue weighted by Gasteiger charge is -2.45. The zero-order chi connectivity index (χ0) is 44.3. The maximum absolute atomic E-state index is 13.8. The van der Waals surface area contributed by atoms with Gasteiger partial charge in [-0.3, -0.25) is 0 Å². The molecule has 0 radical (unpaired) electrons. The van der Waals surface area contributed by atoms with Gasteiger partial charge < -0.3 is 53.2 Å². The highest BCUT2D eigenvalue weighted by molar-refractivity contribution is 5.92. The fourth-order valence-corrected chi connectivity index (χ4v) is 6.89. The molecule has 0 saturated carbocycles. The Hall–Kier alpha value is -6.79. The number of aliphatic hydroxyl groups is 3. The maximum Gasteiger partial charge on any atom is 0.338 e. The number of hydrogen-bond acceptors (Lipinski definition) is 16. The van der Waals surface area contributed by atoms with E-state index in [0.717, 1.165) is 0 Å². The fraction of sp³-hybridized carbons (Fsp3) is 0.255. The molecule has 3 N–H and O–H groups in total. The topological polar surface area (TPSA) is 220 Å². The molecule has 0 bridgehead atoms. The molecule has 0 aliphatic carbocycles. The second-order valence-corrected chi connectivity index (χ2v) is 14.3. The van der Waals surface area contributed by atoms with Crippen molar-refractivity contribution in [1.29, 1.82) is 0 Å². The molecule has 0 aromatic heterocycles. The Morgan fingerprint density at radius 2 is 0.746 bits per heavy atom. The van der Waals surface area contributed by atoms with Gasteiger partial charge in [-0.05, 0) is 60.7 Å². The summed E-state index contributed by atoms with van der Waals surface area (Å²) in [5.41, 5.74) is 0.383. The Kier molecular flexibility index (Phi) is 14.7. The minimum absolute atomic E-state index is 0.0657. The third-order valence-electron chi connectivity index (χ3n) is 10.1. The zero-order valence-corrected chi connectivity index (χ0v) is 33.3. The smallest absolute Gasteiger partial charge is 0.338 e. The maximum atomic E-state index is 13.8. The number of carbonyl (C=O) groups excluding carboxylic acids is 5. The molecule has 7 rings (SSSR count). The fourth-order valence-electron chi connectivity index (χ4n) is 6.89. The van der Waals surface area contributed by atoms with Crippen LogP contribution in [0.1, 0.15) is 51.8 Å². The summed E-state index contributed by atoms with van der Waals surface area (Å²) >= 11 is 0. The number of rotatable bonds is 14. The Morgan fingerprint density at radius 3 is 1.13 bits per heavy atom. The van der Waals surface area contributed by atoms with Crippen LogP contribution in [0.3, 0.4) is 0 Å². The van der Waals surface area contributed by atoms with Gasteiger partial charge in [0.05, 0.1) is 41.0 Å². The van der Waals surface area contributed by atoms with E-state index in [-0.39, 0.29) is 27.8 Å². The first-order valence-electron chi connectivity index (χ1n) is 19.8. The van der Waals surface area contributed by atoms with Crippen molar-refractivity contribution in [3.63, 3.8) is 0 Å². The van der Waals surface area contributed by atoms with Crippen LogP contribution in [0.25, 0.3) is 0 Å². The third kappa shape index (κ3) is 10.8. The number of hydrogen-bond donors (Lipinski definition) is 3. The summed E-state index contributed by atoms with van der Waals surface area (Å²) in [6.45, 7) is -1.54. The van der Waals surface area contributed by atoms with Crippen molar-refractivity contribution in [1.82, 2.24) is 0 Å². The lowest BCUT2D eigenvalue weighted by atomic mass is 9.97. The summed E-state index contributed by atoms with van der Waals surface area (Å²) in [4.78, 5) is 67.9. The van der Waals surface area contributed by atoms with Crippen molar-refractivity contribution in [2.75, 3.05) is 13.2 Å². The lowest BCUT2D eigenvalue weighted by molar-refractivity contribution is -0.323. The van der Waals surface area contributed by atoms with E-state index in [1.54, 1.807) is 91.0 Å². The molecular formula is C47H42O16. The van der Waals surface area contributed by atoms with Crippen LogP contribution in [0.15, 0.2) is 152 Å².